The van der Waals surface area contributed by atoms with Crippen LogP contribution in [0, 0.1) is 5.82 Å². The highest BCUT2D eigenvalue weighted by atomic mass is 35.5. The van der Waals surface area contributed by atoms with Crippen LogP contribution in [0.25, 0.3) is 0 Å². The van der Waals surface area contributed by atoms with Crippen molar-refractivity contribution < 1.29 is 9.13 Å². The third kappa shape index (κ3) is 4.30. The number of aliphatic imine (C=N–C) groups is 1. The summed E-state index contributed by atoms with van der Waals surface area (Å²) >= 11 is 5.90. The molecule has 17 heavy (non-hydrogen) atoms. The zero-order valence-corrected chi connectivity index (χ0v) is 10.3. The molecule has 0 atom stereocenters. The molecule has 1 aromatic rings. The van der Waals surface area contributed by atoms with Gasteiger partial charge in [-0.2, -0.15) is 0 Å². The standard InChI is InChI=1S/C11H15ClFN3O/c1-17-6-5-15-11(16-14)7-8-9(12)3-2-4-10(8)13/h2-4H,5-7,14H2,1H3,(H,15,16). The second kappa shape index (κ2) is 7.21. The Hall–Kier alpha value is -1.17. The molecule has 3 N–H and O–H groups in total. The van der Waals surface area contributed by atoms with Crippen LogP contribution < -0.4 is 11.3 Å². The number of ether oxygens (including phenoxy) is 1. The summed E-state index contributed by atoms with van der Waals surface area (Å²) in [7, 11) is 1.58. The van der Waals surface area contributed by atoms with Crippen LogP contribution in [0.1, 0.15) is 5.56 Å². The van der Waals surface area contributed by atoms with Crippen LogP contribution in [0.5, 0.6) is 0 Å². The van der Waals surface area contributed by atoms with Gasteiger partial charge in [0.25, 0.3) is 0 Å². The van der Waals surface area contributed by atoms with Gasteiger partial charge in [-0.05, 0) is 12.1 Å². The lowest BCUT2D eigenvalue weighted by molar-refractivity contribution is 0.208. The van der Waals surface area contributed by atoms with E-state index in [1.54, 1.807) is 19.2 Å². The number of halogens is 2. The maximum Gasteiger partial charge on any atom is 0.128 e. The van der Waals surface area contributed by atoms with Gasteiger partial charge in [0.05, 0.1) is 13.2 Å². The first-order chi connectivity index (χ1) is 8.19. The maximum atomic E-state index is 13.5. The van der Waals surface area contributed by atoms with E-state index in [0.717, 1.165) is 0 Å². The first kappa shape index (κ1) is 13.9. The second-order valence-electron chi connectivity index (χ2n) is 3.34. The van der Waals surface area contributed by atoms with Crippen molar-refractivity contribution in [3.05, 3.63) is 34.6 Å². The van der Waals surface area contributed by atoms with Gasteiger partial charge < -0.3 is 10.2 Å². The van der Waals surface area contributed by atoms with Gasteiger partial charge in [0.1, 0.15) is 11.7 Å². The minimum absolute atomic E-state index is 0.228. The summed E-state index contributed by atoms with van der Waals surface area (Å²) in [6, 6.07) is 4.53. The largest absolute Gasteiger partial charge is 0.383 e. The number of nitrogens with zero attached hydrogens (tertiary/aromatic N) is 1. The molecule has 0 unspecified atom stereocenters. The minimum Gasteiger partial charge on any atom is -0.383 e. The third-order valence-electron chi connectivity index (χ3n) is 2.17. The Labute approximate surface area is 105 Å². The first-order valence-electron chi connectivity index (χ1n) is 5.10. The average molecular weight is 260 g/mol. The first-order valence-corrected chi connectivity index (χ1v) is 5.48. The molecular weight excluding hydrogens is 245 g/mol. The zero-order chi connectivity index (χ0) is 12.7. The summed E-state index contributed by atoms with van der Waals surface area (Å²) < 4.78 is 18.4. The third-order valence-corrected chi connectivity index (χ3v) is 2.52. The van der Waals surface area contributed by atoms with Crippen LogP contribution in [0.15, 0.2) is 23.2 Å². The van der Waals surface area contributed by atoms with Crippen molar-refractivity contribution in [2.75, 3.05) is 20.3 Å². The highest BCUT2D eigenvalue weighted by molar-refractivity contribution is 6.31. The number of hydrazine groups is 1. The van der Waals surface area contributed by atoms with E-state index >= 15 is 0 Å². The predicted octanol–water partition coefficient (Wildman–Crippen LogP) is 1.53. The van der Waals surface area contributed by atoms with Gasteiger partial charge in [0.15, 0.2) is 0 Å². The molecule has 0 fully saturated rings. The van der Waals surface area contributed by atoms with E-state index < -0.39 is 0 Å². The molecular formula is C11H15ClFN3O. The molecule has 0 spiro atoms. The molecule has 0 saturated carbocycles. The van der Waals surface area contributed by atoms with Crippen molar-refractivity contribution >= 4 is 17.4 Å². The molecule has 0 aromatic heterocycles. The monoisotopic (exact) mass is 259 g/mol. The summed E-state index contributed by atoms with van der Waals surface area (Å²) in [5, 5.41) is 0.361. The van der Waals surface area contributed by atoms with E-state index in [1.807, 2.05) is 0 Å². The van der Waals surface area contributed by atoms with E-state index in [0.29, 0.717) is 29.6 Å². The molecule has 94 valence electrons. The second-order valence-corrected chi connectivity index (χ2v) is 3.75. The van der Waals surface area contributed by atoms with Gasteiger partial charge >= 0.3 is 0 Å². The van der Waals surface area contributed by atoms with E-state index in [-0.39, 0.29) is 12.2 Å². The van der Waals surface area contributed by atoms with Gasteiger partial charge in [-0.1, -0.05) is 17.7 Å². The fraction of sp³-hybridized carbons (Fsp3) is 0.364. The number of amidine groups is 1. The van der Waals surface area contributed by atoms with Crippen molar-refractivity contribution in [2.45, 2.75) is 6.42 Å². The lowest BCUT2D eigenvalue weighted by Crippen LogP contribution is -2.32. The summed E-state index contributed by atoms with van der Waals surface area (Å²) in [4.78, 5) is 4.14. The molecule has 1 aromatic carbocycles. The lowest BCUT2D eigenvalue weighted by Gasteiger charge is -2.08. The molecule has 0 aliphatic carbocycles. The number of methoxy groups -OCH3 is 1. The summed E-state index contributed by atoms with van der Waals surface area (Å²) in [6.45, 7) is 0.943. The van der Waals surface area contributed by atoms with E-state index in [2.05, 4.69) is 10.4 Å². The number of hydrogen-bond acceptors (Lipinski definition) is 3. The molecule has 0 bridgehead atoms. The highest BCUT2D eigenvalue weighted by Crippen LogP contribution is 2.19. The lowest BCUT2D eigenvalue weighted by atomic mass is 10.1. The Morgan fingerprint density at radius 1 is 1.59 bits per heavy atom. The van der Waals surface area contributed by atoms with Gasteiger partial charge in [-0.15, -0.1) is 0 Å². The van der Waals surface area contributed by atoms with Crippen molar-refractivity contribution in [3.63, 3.8) is 0 Å². The fourth-order valence-corrected chi connectivity index (χ4v) is 1.52. The topological polar surface area (TPSA) is 59.6 Å². The van der Waals surface area contributed by atoms with Crippen molar-refractivity contribution in [2.24, 2.45) is 10.8 Å². The van der Waals surface area contributed by atoms with Crippen molar-refractivity contribution in [1.29, 1.82) is 0 Å². The average Bonchev–Trinajstić information content (AvgIpc) is 2.32. The van der Waals surface area contributed by atoms with E-state index in [4.69, 9.17) is 22.2 Å². The quantitative estimate of drug-likeness (QED) is 0.277. The van der Waals surface area contributed by atoms with Crippen LogP contribution in [0.2, 0.25) is 5.02 Å². The van der Waals surface area contributed by atoms with Gasteiger partial charge in [-0.3, -0.25) is 4.99 Å². The van der Waals surface area contributed by atoms with E-state index in [1.165, 1.54) is 6.07 Å². The molecule has 4 nitrogen and oxygen atoms in total. The molecule has 1 rings (SSSR count). The smallest absolute Gasteiger partial charge is 0.128 e. The Balaban J connectivity index is 2.77. The molecule has 0 radical (unpaired) electrons. The van der Waals surface area contributed by atoms with Crippen molar-refractivity contribution in [3.8, 4) is 0 Å². The minimum atomic E-state index is -0.368. The normalized spacial score (nSPS) is 11.6. The number of nitrogens with two attached hydrogens (primary N) is 1. The molecule has 0 saturated heterocycles. The van der Waals surface area contributed by atoms with Crippen LogP contribution in [-0.4, -0.2) is 26.1 Å². The molecule has 0 aliphatic rings. The molecule has 0 amide bonds. The number of benzene rings is 1. The predicted molar refractivity (Wildman–Crippen MR) is 66.6 cm³/mol. The van der Waals surface area contributed by atoms with Crippen molar-refractivity contribution in [1.82, 2.24) is 5.43 Å². The van der Waals surface area contributed by atoms with Gasteiger partial charge in [0.2, 0.25) is 0 Å². The Kier molecular flexibility index (Phi) is 5.90. The highest BCUT2D eigenvalue weighted by Gasteiger charge is 2.09. The van der Waals surface area contributed by atoms with Crippen LogP contribution in [0.4, 0.5) is 4.39 Å². The molecule has 0 aliphatic heterocycles. The SMILES string of the molecule is COCCN=C(Cc1c(F)cccc1Cl)NN. The molecule has 6 heteroatoms. The number of nitrogens with one attached hydrogen (secondary N) is 1. The Bertz CT molecular complexity index is 378. The Morgan fingerprint density at radius 3 is 2.94 bits per heavy atom. The number of hydrogen-bond donors (Lipinski definition) is 2. The molecule has 0 heterocycles. The van der Waals surface area contributed by atoms with Gasteiger partial charge in [-0.25, -0.2) is 10.2 Å². The maximum absolute atomic E-state index is 13.5. The van der Waals surface area contributed by atoms with Crippen LogP contribution in [-0.2, 0) is 11.2 Å². The summed E-state index contributed by atoms with van der Waals surface area (Å²) in [5.74, 6) is 5.41. The summed E-state index contributed by atoms with van der Waals surface area (Å²) in [6.07, 6.45) is 0.228. The summed E-state index contributed by atoms with van der Waals surface area (Å²) in [5.41, 5.74) is 2.81. The van der Waals surface area contributed by atoms with Crippen LogP contribution in [0.3, 0.4) is 0 Å². The Morgan fingerprint density at radius 2 is 2.35 bits per heavy atom. The van der Waals surface area contributed by atoms with E-state index in [9.17, 15) is 4.39 Å². The van der Waals surface area contributed by atoms with Gasteiger partial charge in [0, 0.05) is 24.1 Å². The fourth-order valence-electron chi connectivity index (χ4n) is 1.29. The zero-order valence-electron chi connectivity index (χ0n) is 9.54. The van der Waals surface area contributed by atoms with Crippen LogP contribution >= 0.6 is 11.6 Å². The number of rotatable bonds is 5.